The van der Waals surface area contributed by atoms with E-state index in [0.29, 0.717) is 24.1 Å². The second-order valence-electron chi connectivity index (χ2n) is 5.09. The standard InChI is InChI=1S/C14H21NO3S/c1-9-13(14(16)17)7-11(18-9)8-15-10-4-3-5-12(6-10)19-2/h7,10,12,15H,3-6,8H2,1-2H3,(H,16,17). The Morgan fingerprint density at radius 3 is 3.00 bits per heavy atom. The first-order valence-corrected chi connectivity index (χ1v) is 7.97. The van der Waals surface area contributed by atoms with Crippen molar-refractivity contribution in [2.75, 3.05) is 6.26 Å². The van der Waals surface area contributed by atoms with E-state index in [4.69, 9.17) is 9.52 Å². The number of carboxylic acid groups (broad SMARTS) is 1. The van der Waals surface area contributed by atoms with Crippen LogP contribution >= 0.6 is 11.8 Å². The highest BCUT2D eigenvalue weighted by atomic mass is 32.2. The van der Waals surface area contributed by atoms with E-state index in [9.17, 15) is 4.79 Å². The van der Waals surface area contributed by atoms with Gasteiger partial charge >= 0.3 is 5.97 Å². The maximum atomic E-state index is 10.9. The van der Waals surface area contributed by atoms with E-state index in [1.807, 2.05) is 11.8 Å². The van der Waals surface area contributed by atoms with Crippen LogP contribution in [-0.2, 0) is 6.54 Å². The molecule has 5 heteroatoms. The van der Waals surface area contributed by atoms with E-state index >= 15 is 0 Å². The summed E-state index contributed by atoms with van der Waals surface area (Å²) in [4.78, 5) is 10.9. The van der Waals surface area contributed by atoms with Gasteiger partial charge in [-0.05, 0) is 38.5 Å². The van der Waals surface area contributed by atoms with Crippen molar-refractivity contribution in [2.24, 2.45) is 0 Å². The average molecular weight is 283 g/mol. The van der Waals surface area contributed by atoms with Crippen molar-refractivity contribution >= 4 is 17.7 Å². The van der Waals surface area contributed by atoms with E-state index in [-0.39, 0.29) is 5.56 Å². The van der Waals surface area contributed by atoms with E-state index in [0.717, 1.165) is 5.25 Å². The molecule has 1 saturated carbocycles. The predicted molar refractivity (Wildman–Crippen MR) is 76.8 cm³/mol. The third-order valence-electron chi connectivity index (χ3n) is 3.72. The van der Waals surface area contributed by atoms with Gasteiger partial charge in [-0.15, -0.1) is 0 Å². The molecule has 19 heavy (non-hydrogen) atoms. The molecule has 1 heterocycles. The number of hydrogen-bond donors (Lipinski definition) is 2. The van der Waals surface area contributed by atoms with Gasteiger partial charge in [0.05, 0.1) is 6.54 Å². The van der Waals surface area contributed by atoms with Crippen LogP contribution in [0.1, 0.15) is 47.6 Å². The molecule has 0 saturated heterocycles. The van der Waals surface area contributed by atoms with Crippen LogP contribution in [0, 0.1) is 6.92 Å². The first-order valence-electron chi connectivity index (χ1n) is 6.69. The molecule has 0 aliphatic heterocycles. The second kappa shape index (κ2) is 6.48. The summed E-state index contributed by atoms with van der Waals surface area (Å²) in [5.74, 6) is 0.267. The summed E-state index contributed by atoms with van der Waals surface area (Å²) in [5, 5.41) is 13.2. The molecule has 2 atom stereocenters. The normalized spacial score (nSPS) is 23.5. The molecule has 1 fully saturated rings. The van der Waals surface area contributed by atoms with E-state index in [1.54, 1.807) is 13.0 Å². The Morgan fingerprint density at radius 2 is 2.37 bits per heavy atom. The summed E-state index contributed by atoms with van der Waals surface area (Å²) in [6.07, 6.45) is 7.13. The van der Waals surface area contributed by atoms with Crippen molar-refractivity contribution in [3.8, 4) is 0 Å². The molecular weight excluding hydrogens is 262 g/mol. The number of carbonyl (C=O) groups is 1. The summed E-state index contributed by atoms with van der Waals surface area (Å²) in [6, 6.07) is 2.14. The fraction of sp³-hybridized carbons (Fsp3) is 0.643. The Hall–Kier alpha value is -0.940. The molecule has 0 spiro atoms. The van der Waals surface area contributed by atoms with Crippen molar-refractivity contribution in [2.45, 2.75) is 50.4 Å². The SMILES string of the molecule is CSC1CCCC(NCc2cc(C(=O)O)c(C)o2)C1. The Labute approximate surface area is 117 Å². The van der Waals surface area contributed by atoms with Crippen LogP contribution in [0.2, 0.25) is 0 Å². The number of thioether (sulfide) groups is 1. The molecule has 0 radical (unpaired) electrons. The molecule has 106 valence electrons. The lowest BCUT2D eigenvalue weighted by atomic mass is 9.95. The van der Waals surface area contributed by atoms with Crippen molar-refractivity contribution in [3.63, 3.8) is 0 Å². The first-order chi connectivity index (χ1) is 9.10. The largest absolute Gasteiger partial charge is 0.478 e. The summed E-state index contributed by atoms with van der Waals surface area (Å²) in [5.41, 5.74) is 0.266. The highest BCUT2D eigenvalue weighted by Crippen LogP contribution is 2.27. The Kier molecular flexibility index (Phi) is 4.93. The maximum Gasteiger partial charge on any atom is 0.339 e. The van der Waals surface area contributed by atoms with Crippen LogP contribution in [0.25, 0.3) is 0 Å². The average Bonchev–Trinajstić information content (AvgIpc) is 2.78. The Bertz CT molecular complexity index is 444. The molecule has 2 rings (SSSR count). The topological polar surface area (TPSA) is 62.5 Å². The third-order valence-corrected chi connectivity index (χ3v) is 4.82. The molecule has 0 bridgehead atoms. The zero-order valence-corrected chi connectivity index (χ0v) is 12.3. The monoisotopic (exact) mass is 283 g/mol. The molecular formula is C14H21NO3S. The van der Waals surface area contributed by atoms with E-state index in [1.165, 1.54) is 25.7 Å². The van der Waals surface area contributed by atoms with E-state index < -0.39 is 5.97 Å². The van der Waals surface area contributed by atoms with Gasteiger partial charge < -0.3 is 14.8 Å². The van der Waals surface area contributed by atoms with Gasteiger partial charge in [-0.2, -0.15) is 11.8 Å². The molecule has 1 aliphatic rings. The fourth-order valence-electron chi connectivity index (χ4n) is 2.63. The molecule has 2 unspecified atom stereocenters. The van der Waals surface area contributed by atoms with Crippen molar-refractivity contribution in [1.82, 2.24) is 5.32 Å². The van der Waals surface area contributed by atoms with Crippen LogP contribution < -0.4 is 5.32 Å². The Morgan fingerprint density at radius 1 is 1.58 bits per heavy atom. The number of carboxylic acids is 1. The van der Waals surface area contributed by atoms with Gasteiger partial charge in [-0.3, -0.25) is 0 Å². The number of aromatic carboxylic acids is 1. The lowest BCUT2D eigenvalue weighted by Gasteiger charge is -2.28. The van der Waals surface area contributed by atoms with Crippen LogP contribution in [-0.4, -0.2) is 28.6 Å². The molecule has 1 aromatic heterocycles. The molecule has 2 N–H and O–H groups in total. The van der Waals surface area contributed by atoms with Gasteiger partial charge in [-0.1, -0.05) is 6.42 Å². The van der Waals surface area contributed by atoms with Gasteiger partial charge in [0, 0.05) is 11.3 Å². The minimum Gasteiger partial charge on any atom is -0.478 e. The quantitative estimate of drug-likeness (QED) is 0.869. The van der Waals surface area contributed by atoms with Crippen molar-refractivity contribution in [1.29, 1.82) is 0 Å². The van der Waals surface area contributed by atoms with Gasteiger partial charge in [0.15, 0.2) is 0 Å². The van der Waals surface area contributed by atoms with Crippen molar-refractivity contribution < 1.29 is 14.3 Å². The smallest absolute Gasteiger partial charge is 0.339 e. The number of hydrogen-bond acceptors (Lipinski definition) is 4. The van der Waals surface area contributed by atoms with E-state index in [2.05, 4.69) is 11.6 Å². The summed E-state index contributed by atoms with van der Waals surface area (Å²) in [6.45, 7) is 2.30. The van der Waals surface area contributed by atoms with Crippen LogP contribution in [0.4, 0.5) is 0 Å². The fourth-order valence-corrected chi connectivity index (χ4v) is 3.46. The lowest BCUT2D eigenvalue weighted by molar-refractivity contribution is 0.0695. The van der Waals surface area contributed by atoms with Crippen LogP contribution in [0.15, 0.2) is 10.5 Å². The summed E-state index contributed by atoms with van der Waals surface area (Å²) >= 11 is 1.94. The molecule has 1 aliphatic carbocycles. The van der Waals surface area contributed by atoms with Crippen LogP contribution in [0.3, 0.4) is 0 Å². The maximum absolute atomic E-state index is 10.9. The molecule has 0 aromatic carbocycles. The zero-order chi connectivity index (χ0) is 13.8. The lowest BCUT2D eigenvalue weighted by Crippen LogP contribution is -2.34. The third kappa shape index (κ3) is 3.76. The minimum absolute atomic E-state index is 0.266. The molecule has 1 aromatic rings. The Balaban J connectivity index is 1.88. The number of aryl methyl sites for hydroxylation is 1. The summed E-state index contributed by atoms with van der Waals surface area (Å²) in [7, 11) is 0. The van der Waals surface area contributed by atoms with Gasteiger partial charge in [0.25, 0.3) is 0 Å². The molecule has 4 nitrogen and oxygen atoms in total. The van der Waals surface area contributed by atoms with Crippen molar-refractivity contribution in [3.05, 3.63) is 23.2 Å². The number of rotatable bonds is 5. The highest BCUT2D eigenvalue weighted by molar-refractivity contribution is 7.99. The first kappa shape index (κ1) is 14.5. The number of furan rings is 1. The highest BCUT2D eigenvalue weighted by Gasteiger charge is 2.21. The van der Waals surface area contributed by atoms with Gasteiger partial charge in [0.2, 0.25) is 0 Å². The number of nitrogens with one attached hydrogen (secondary N) is 1. The summed E-state index contributed by atoms with van der Waals surface area (Å²) < 4.78 is 5.47. The van der Waals surface area contributed by atoms with Crippen LogP contribution in [0.5, 0.6) is 0 Å². The minimum atomic E-state index is -0.924. The van der Waals surface area contributed by atoms with Gasteiger partial charge in [-0.25, -0.2) is 4.79 Å². The van der Waals surface area contributed by atoms with Gasteiger partial charge in [0.1, 0.15) is 17.1 Å². The predicted octanol–water partition coefficient (Wildman–Crippen LogP) is 3.05. The zero-order valence-electron chi connectivity index (χ0n) is 11.4. The molecule has 0 amide bonds. The second-order valence-corrected chi connectivity index (χ2v) is 6.23.